The van der Waals surface area contributed by atoms with Crippen LogP contribution < -0.4 is 10.6 Å². The summed E-state index contributed by atoms with van der Waals surface area (Å²) < 4.78 is 0. The lowest BCUT2D eigenvalue weighted by Crippen LogP contribution is -2.40. The molecule has 0 saturated heterocycles. The van der Waals surface area contributed by atoms with Crippen LogP contribution >= 0.6 is 11.3 Å². The van der Waals surface area contributed by atoms with Crippen LogP contribution in [0.1, 0.15) is 50.0 Å². The van der Waals surface area contributed by atoms with E-state index in [1.54, 1.807) is 11.3 Å². The van der Waals surface area contributed by atoms with E-state index in [1.807, 2.05) is 11.8 Å². The fraction of sp³-hybridized carbons (Fsp3) is 0.667. The Labute approximate surface area is 149 Å². The highest BCUT2D eigenvalue weighted by molar-refractivity contribution is 7.10. The number of rotatable bonds is 8. The predicted octanol–water partition coefficient (Wildman–Crippen LogP) is 2.77. The van der Waals surface area contributed by atoms with Gasteiger partial charge in [-0.15, -0.1) is 11.3 Å². The van der Waals surface area contributed by atoms with E-state index in [9.17, 15) is 4.79 Å². The van der Waals surface area contributed by atoms with Crippen molar-refractivity contribution in [3.63, 3.8) is 0 Å². The van der Waals surface area contributed by atoms with Crippen LogP contribution in [0.15, 0.2) is 16.4 Å². The van der Waals surface area contributed by atoms with E-state index in [0.29, 0.717) is 0 Å². The lowest BCUT2D eigenvalue weighted by Gasteiger charge is -2.26. The van der Waals surface area contributed by atoms with Gasteiger partial charge in [-0.1, -0.05) is 26.2 Å². The van der Waals surface area contributed by atoms with Crippen LogP contribution in [0, 0.1) is 0 Å². The monoisotopic (exact) mass is 350 g/mol. The second-order valence-electron chi connectivity index (χ2n) is 6.12. The number of amides is 1. The summed E-state index contributed by atoms with van der Waals surface area (Å²) in [5, 5.41) is 8.65. The highest BCUT2D eigenvalue weighted by atomic mass is 32.1. The Kier molecular flexibility index (Phi) is 8.08. The number of unbranched alkanes of at least 4 members (excludes halogenated alkanes) is 3. The molecular weight excluding hydrogens is 320 g/mol. The van der Waals surface area contributed by atoms with Crippen LogP contribution in [0.5, 0.6) is 0 Å². The number of nitrogens with one attached hydrogen (secondary N) is 2. The smallest absolute Gasteiger partial charge is 0.244 e. The molecule has 24 heavy (non-hydrogen) atoms. The maximum atomic E-state index is 12.4. The number of carbonyl (C=O) groups excluding carboxylic acids is 1. The third kappa shape index (κ3) is 5.82. The summed E-state index contributed by atoms with van der Waals surface area (Å²) in [6.45, 7) is 7.71. The van der Waals surface area contributed by atoms with Gasteiger partial charge in [-0.25, -0.2) is 4.99 Å². The zero-order chi connectivity index (χ0) is 17.2. The molecule has 6 heteroatoms. The molecule has 1 aromatic heterocycles. The Morgan fingerprint density at radius 3 is 2.96 bits per heavy atom. The van der Waals surface area contributed by atoms with E-state index in [2.05, 4.69) is 34.0 Å². The molecule has 0 saturated carbocycles. The van der Waals surface area contributed by atoms with Crippen LogP contribution in [0.3, 0.4) is 0 Å². The first-order valence-electron chi connectivity index (χ1n) is 9.09. The summed E-state index contributed by atoms with van der Waals surface area (Å²) in [6, 6.07) is 2.13. The molecule has 2 rings (SSSR count). The number of guanidine groups is 1. The van der Waals surface area contributed by atoms with Crippen molar-refractivity contribution >= 4 is 23.2 Å². The van der Waals surface area contributed by atoms with Crippen molar-refractivity contribution in [1.82, 2.24) is 15.5 Å². The molecule has 0 aromatic carbocycles. The first-order chi connectivity index (χ1) is 11.7. The van der Waals surface area contributed by atoms with Crippen molar-refractivity contribution in [2.24, 2.45) is 4.99 Å². The van der Waals surface area contributed by atoms with Crippen molar-refractivity contribution in [3.8, 4) is 0 Å². The minimum Gasteiger partial charge on any atom is -0.357 e. The Bertz CT molecular complexity index is 541. The van der Waals surface area contributed by atoms with E-state index < -0.39 is 0 Å². The molecule has 134 valence electrons. The number of nitrogens with zero attached hydrogens (tertiary/aromatic N) is 2. The number of thiophene rings is 1. The maximum absolute atomic E-state index is 12.4. The molecule has 0 radical (unpaired) electrons. The zero-order valence-corrected chi connectivity index (χ0v) is 15.8. The zero-order valence-electron chi connectivity index (χ0n) is 14.9. The van der Waals surface area contributed by atoms with Crippen LogP contribution in [0.2, 0.25) is 0 Å². The average Bonchev–Trinajstić information content (AvgIpc) is 3.06. The Morgan fingerprint density at radius 1 is 1.29 bits per heavy atom. The van der Waals surface area contributed by atoms with Gasteiger partial charge in [0, 0.05) is 31.1 Å². The standard InChI is InChI=1S/C18H30N4OS/c1-3-5-6-7-10-20-18(19-4-2)21-13-17(23)22-11-8-16-15(14-22)9-12-24-16/h9,12H,3-8,10-11,13-14H2,1-2H3,(H2,19,20,21). The lowest BCUT2D eigenvalue weighted by molar-refractivity contribution is -0.130. The quantitative estimate of drug-likeness (QED) is 0.431. The van der Waals surface area contributed by atoms with E-state index in [0.717, 1.165) is 45.0 Å². The molecule has 1 aliphatic heterocycles. The summed E-state index contributed by atoms with van der Waals surface area (Å²) in [4.78, 5) is 20.2. The predicted molar refractivity (Wildman–Crippen MR) is 102 cm³/mol. The Hall–Kier alpha value is -1.56. The molecule has 2 heterocycles. The molecule has 1 aliphatic rings. The van der Waals surface area contributed by atoms with Gasteiger partial charge in [0.1, 0.15) is 6.54 Å². The van der Waals surface area contributed by atoms with Gasteiger partial charge in [0.25, 0.3) is 0 Å². The fourth-order valence-electron chi connectivity index (χ4n) is 2.81. The van der Waals surface area contributed by atoms with Gasteiger partial charge in [-0.2, -0.15) is 0 Å². The van der Waals surface area contributed by atoms with Gasteiger partial charge in [-0.3, -0.25) is 4.79 Å². The van der Waals surface area contributed by atoms with Crippen LogP contribution in [0.25, 0.3) is 0 Å². The van der Waals surface area contributed by atoms with Gasteiger partial charge in [0.05, 0.1) is 0 Å². The maximum Gasteiger partial charge on any atom is 0.244 e. The molecule has 0 spiro atoms. The summed E-state index contributed by atoms with van der Waals surface area (Å²) >= 11 is 1.79. The van der Waals surface area contributed by atoms with E-state index >= 15 is 0 Å². The first-order valence-corrected chi connectivity index (χ1v) is 9.97. The number of hydrogen-bond donors (Lipinski definition) is 2. The minimum absolute atomic E-state index is 0.107. The lowest BCUT2D eigenvalue weighted by atomic mass is 10.1. The molecule has 0 aliphatic carbocycles. The van der Waals surface area contributed by atoms with Crippen molar-refractivity contribution in [2.75, 3.05) is 26.2 Å². The number of carbonyl (C=O) groups is 1. The van der Waals surface area contributed by atoms with Crippen LogP contribution in [-0.2, 0) is 17.8 Å². The van der Waals surface area contributed by atoms with Crippen LogP contribution in [0.4, 0.5) is 0 Å². The van der Waals surface area contributed by atoms with Crippen molar-refractivity contribution in [3.05, 3.63) is 21.9 Å². The highest BCUT2D eigenvalue weighted by Gasteiger charge is 2.21. The van der Waals surface area contributed by atoms with E-state index in [4.69, 9.17) is 0 Å². The third-order valence-electron chi connectivity index (χ3n) is 4.20. The SMILES string of the molecule is CCCCCCNC(=NCC(=O)N1CCc2sccc2C1)NCC. The molecule has 0 atom stereocenters. The fourth-order valence-corrected chi connectivity index (χ4v) is 3.70. The van der Waals surface area contributed by atoms with Crippen molar-refractivity contribution in [2.45, 2.75) is 52.5 Å². The second-order valence-corrected chi connectivity index (χ2v) is 7.12. The van der Waals surface area contributed by atoms with Gasteiger partial charge in [0.15, 0.2) is 5.96 Å². The van der Waals surface area contributed by atoms with Gasteiger partial charge in [-0.05, 0) is 36.8 Å². The first kappa shape index (κ1) is 18.8. The molecular formula is C18H30N4OS. The normalized spacial score (nSPS) is 14.4. The molecule has 1 aromatic rings. The summed E-state index contributed by atoms with van der Waals surface area (Å²) in [7, 11) is 0. The van der Waals surface area contributed by atoms with E-state index in [1.165, 1.54) is 29.7 Å². The van der Waals surface area contributed by atoms with Crippen LogP contribution in [-0.4, -0.2) is 42.9 Å². The summed E-state index contributed by atoms with van der Waals surface area (Å²) in [6.07, 6.45) is 5.85. The Morgan fingerprint density at radius 2 is 2.17 bits per heavy atom. The molecule has 0 unspecified atom stereocenters. The number of fused-ring (bicyclic) bond motifs is 1. The topological polar surface area (TPSA) is 56.7 Å². The average molecular weight is 351 g/mol. The highest BCUT2D eigenvalue weighted by Crippen LogP contribution is 2.23. The number of hydrogen-bond acceptors (Lipinski definition) is 3. The number of aliphatic imine (C=N–C) groups is 1. The molecule has 0 fully saturated rings. The minimum atomic E-state index is 0.107. The van der Waals surface area contributed by atoms with Gasteiger partial charge in [0.2, 0.25) is 5.91 Å². The third-order valence-corrected chi connectivity index (χ3v) is 5.22. The van der Waals surface area contributed by atoms with Crippen molar-refractivity contribution < 1.29 is 4.79 Å². The molecule has 2 N–H and O–H groups in total. The molecule has 1 amide bonds. The van der Waals surface area contributed by atoms with Gasteiger partial charge < -0.3 is 15.5 Å². The molecule has 0 bridgehead atoms. The largest absolute Gasteiger partial charge is 0.357 e. The second kappa shape index (κ2) is 10.3. The Balaban J connectivity index is 1.78. The van der Waals surface area contributed by atoms with Gasteiger partial charge >= 0.3 is 0 Å². The van der Waals surface area contributed by atoms with E-state index in [-0.39, 0.29) is 12.5 Å². The molecule has 5 nitrogen and oxygen atoms in total. The summed E-state index contributed by atoms with van der Waals surface area (Å²) in [5.41, 5.74) is 1.30. The van der Waals surface area contributed by atoms with Crippen molar-refractivity contribution in [1.29, 1.82) is 0 Å². The summed E-state index contributed by atoms with van der Waals surface area (Å²) in [5.74, 6) is 0.852.